The Labute approximate surface area is 161 Å². The molecule has 2 aromatic rings. The minimum Gasteiger partial charge on any atom is -0.412 e. The van der Waals surface area contributed by atoms with Crippen LogP contribution in [0.2, 0.25) is 18.1 Å². The summed E-state index contributed by atoms with van der Waals surface area (Å²) in [5, 5.41) is 0. The summed E-state index contributed by atoms with van der Waals surface area (Å²) in [6.07, 6.45) is 2.12. The molecule has 0 aliphatic carbocycles. The third-order valence-corrected chi connectivity index (χ3v) is 10.9. The molecule has 2 aromatic carbocycles. The van der Waals surface area contributed by atoms with Crippen molar-refractivity contribution in [2.24, 2.45) is 5.92 Å². The van der Waals surface area contributed by atoms with Gasteiger partial charge in [-0.05, 0) is 61.9 Å². The average Bonchev–Trinajstić information content (AvgIpc) is 2.67. The third kappa shape index (κ3) is 5.56. The maximum atomic E-state index is 7.02. The lowest BCUT2D eigenvalue weighted by Gasteiger charge is -2.43. The zero-order chi connectivity index (χ0) is 19.0. The van der Waals surface area contributed by atoms with E-state index >= 15 is 0 Å². The molecule has 1 nitrogen and oxygen atoms in total. The van der Waals surface area contributed by atoms with Crippen LogP contribution in [-0.4, -0.2) is 13.9 Å². The van der Waals surface area contributed by atoms with Gasteiger partial charge in [0.15, 0.2) is 8.32 Å². The van der Waals surface area contributed by atoms with E-state index in [1.807, 2.05) is 0 Å². The molecule has 142 valence electrons. The lowest BCUT2D eigenvalue weighted by molar-refractivity contribution is 0.0316. The minimum absolute atomic E-state index is 0.125. The van der Waals surface area contributed by atoms with Crippen molar-refractivity contribution >= 4 is 8.32 Å². The smallest absolute Gasteiger partial charge is 0.192 e. The van der Waals surface area contributed by atoms with Gasteiger partial charge in [-0.25, -0.2) is 0 Å². The van der Waals surface area contributed by atoms with Crippen LogP contribution < -0.4 is 0 Å². The predicted molar refractivity (Wildman–Crippen MR) is 116 cm³/mol. The Kier molecular flexibility index (Phi) is 7.66. The van der Waals surface area contributed by atoms with Crippen LogP contribution in [0.4, 0.5) is 0 Å². The molecular formula is C24H36OSi. The number of benzene rings is 2. The topological polar surface area (TPSA) is 9.23 Å². The largest absolute Gasteiger partial charge is 0.412 e. The van der Waals surface area contributed by atoms with Crippen LogP contribution in [0.25, 0.3) is 0 Å². The average molecular weight is 369 g/mol. The number of hydrogen-bond donors (Lipinski definition) is 0. The van der Waals surface area contributed by atoms with Crippen molar-refractivity contribution in [3.05, 3.63) is 71.8 Å². The Balaban J connectivity index is 2.28. The van der Waals surface area contributed by atoms with E-state index < -0.39 is 8.32 Å². The maximum Gasteiger partial charge on any atom is 0.192 e. The van der Waals surface area contributed by atoms with Crippen molar-refractivity contribution in [1.29, 1.82) is 0 Å². The van der Waals surface area contributed by atoms with Gasteiger partial charge in [-0.15, -0.1) is 0 Å². The van der Waals surface area contributed by atoms with E-state index in [0.29, 0.717) is 5.92 Å². The molecule has 0 saturated carbocycles. The highest BCUT2D eigenvalue weighted by atomic mass is 28.4. The molecule has 0 fully saturated rings. The summed E-state index contributed by atoms with van der Waals surface area (Å²) in [5.41, 5.74) is 2.68. The van der Waals surface area contributed by atoms with Gasteiger partial charge < -0.3 is 4.43 Å². The van der Waals surface area contributed by atoms with Crippen molar-refractivity contribution in [2.75, 3.05) is 0 Å². The highest BCUT2D eigenvalue weighted by Crippen LogP contribution is 2.35. The molecule has 0 unspecified atom stereocenters. The van der Waals surface area contributed by atoms with Crippen LogP contribution in [0.5, 0.6) is 0 Å². The Morgan fingerprint density at radius 1 is 0.731 bits per heavy atom. The fourth-order valence-electron chi connectivity index (χ4n) is 3.97. The van der Waals surface area contributed by atoms with Gasteiger partial charge in [-0.3, -0.25) is 0 Å². The van der Waals surface area contributed by atoms with Crippen molar-refractivity contribution in [2.45, 2.75) is 71.2 Å². The SMILES string of the molecule is CC[Si](CC)(CC)OC(C)(C)C(Cc1ccccc1)Cc1ccccc1. The Morgan fingerprint density at radius 2 is 1.12 bits per heavy atom. The van der Waals surface area contributed by atoms with Crippen LogP contribution in [-0.2, 0) is 17.3 Å². The molecule has 0 aliphatic heterocycles. The van der Waals surface area contributed by atoms with Crippen LogP contribution in [0.1, 0.15) is 45.7 Å². The molecule has 0 radical (unpaired) electrons. The van der Waals surface area contributed by atoms with Gasteiger partial charge in [0.2, 0.25) is 0 Å². The molecule has 0 saturated heterocycles. The van der Waals surface area contributed by atoms with E-state index in [0.717, 1.165) is 12.8 Å². The minimum atomic E-state index is -1.65. The summed E-state index contributed by atoms with van der Waals surface area (Å²) >= 11 is 0. The van der Waals surface area contributed by atoms with Gasteiger partial charge in [0.05, 0.1) is 5.60 Å². The molecule has 0 spiro atoms. The van der Waals surface area contributed by atoms with Gasteiger partial charge in [0, 0.05) is 0 Å². The van der Waals surface area contributed by atoms with Gasteiger partial charge >= 0.3 is 0 Å². The maximum absolute atomic E-state index is 7.02. The predicted octanol–water partition coefficient (Wildman–Crippen LogP) is 6.89. The zero-order valence-corrected chi connectivity index (χ0v) is 18.3. The first-order valence-corrected chi connectivity index (χ1v) is 12.8. The number of hydrogen-bond acceptors (Lipinski definition) is 1. The Hall–Kier alpha value is -1.38. The van der Waals surface area contributed by atoms with Crippen molar-refractivity contribution in [1.82, 2.24) is 0 Å². The molecule has 0 heterocycles. The Bertz CT molecular complexity index is 582. The summed E-state index contributed by atoms with van der Waals surface area (Å²) in [4.78, 5) is 0. The molecule has 26 heavy (non-hydrogen) atoms. The molecule has 0 N–H and O–H groups in total. The lowest BCUT2D eigenvalue weighted by Crippen LogP contribution is -2.49. The molecule has 0 bridgehead atoms. The van der Waals surface area contributed by atoms with Crippen LogP contribution in [0.3, 0.4) is 0 Å². The van der Waals surface area contributed by atoms with Gasteiger partial charge in [-0.2, -0.15) is 0 Å². The van der Waals surface area contributed by atoms with E-state index in [1.54, 1.807) is 0 Å². The van der Waals surface area contributed by atoms with Crippen LogP contribution in [0.15, 0.2) is 60.7 Å². The van der Waals surface area contributed by atoms with E-state index in [9.17, 15) is 0 Å². The van der Waals surface area contributed by atoms with Gasteiger partial charge in [-0.1, -0.05) is 81.4 Å². The van der Waals surface area contributed by atoms with Crippen molar-refractivity contribution < 1.29 is 4.43 Å². The quantitative estimate of drug-likeness (QED) is 0.415. The first-order valence-electron chi connectivity index (χ1n) is 10.2. The second-order valence-corrected chi connectivity index (χ2v) is 12.7. The second-order valence-electron chi connectivity index (χ2n) is 8.03. The lowest BCUT2D eigenvalue weighted by atomic mass is 9.81. The molecule has 0 aromatic heterocycles. The van der Waals surface area contributed by atoms with E-state index in [4.69, 9.17) is 4.43 Å². The highest BCUT2D eigenvalue weighted by molar-refractivity contribution is 6.73. The highest BCUT2D eigenvalue weighted by Gasteiger charge is 2.39. The molecule has 0 amide bonds. The van der Waals surface area contributed by atoms with Gasteiger partial charge in [0.1, 0.15) is 0 Å². The summed E-state index contributed by atoms with van der Waals surface area (Å²) in [7, 11) is -1.65. The van der Waals surface area contributed by atoms with Gasteiger partial charge in [0.25, 0.3) is 0 Å². The third-order valence-electron chi connectivity index (χ3n) is 6.05. The number of rotatable bonds is 10. The fraction of sp³-hybridized carbons (Fsp3) is 0.500. The summed E-state index contributed by atoms with van der Waals surface area (Å²) in [5.74, 6) is 0.462. The summed E-state index contributed by atoms with van der Waals surface area (Å²) in [6.45, 7) is 11.6. The van der Waals surface area contributed by atoms with Crippen LogP contribution in [0, 0.1) is 5.92 Å². The van der Waals surface area contributed by atoms with E-state index in [1.165, 1.54) is 29.3 Å². The van der Waals surface area contributed by atoms with Crippen LogP contribution >= 0.6 is 0 Å². The van der Waals surface area contributed by atoms with E-state index in [2.05, 4.69) is 95.3 Å². The Morgan fingerprint density at radius 3 is 1.46 bits per heavy atom. The molecular weight excluding hydrogens is 332 g/mol. The van der Waals surface area contributed by atoms with Crippen molar-refractivity contribution in [3.63, 3.8) is 0 Å². The molecule has 0 atom stereocenters. The van der Waals surface area contributed by atoms with E-state index in [-0.39, 0.29) is 5.60 Å². The second kappa shape index (κ2) is 9.52. The van der Waals surface area contributed by atoms with Crippen molar-refractivity contribution in [3.8, 4) is 0 Å². The molecule has 2 heteroatoms. The standard InChI is InChI=1S/C24H36OSi/c1-6-26(7-2,8-3)25-24(4,5)23(19-21-15-11-9-12-16-21)20-22-17-13-10-14-18-22/h9-18,23H,6-8,19-20H2,1-5H3. The first kappa shape index (κ1) is 20.9. The zero-order valence-electron chi connectivity index (χ0n) is 17.3. The first-order chi connectivity index (χ1) is 12.4. The summed E-state index contributed by atoms with van der Waals surface area (Å²) < 4.78 is 7.02. The molecule has 0 aliphatic rings. The molecule has 2 rings (SSSR count). The monoisotopic (exact) mass is 368 g/mol. The summed E-state index contributed by atoms with van der Waals surface area (Å²) in [6, 6.07) is 25.4. The normalized spacial score (nSPS) is 12.5. The fourth-order valence-corrected chi connectivity index (χ4v) is 7.18.